The first-order valence-electron chi connectivity index (χ1n) is 6.56. The van der Waals surface area contributed by atoms with Gasteiger partial charge in [-0.15, -0.1) is 0 Å². The van der Waals surface area contributed by atoms with E-state index in [9.17, 15) is 8.42 Å². The van der Waals surface area contributed by atoms with Gasteiger partial charge in [0.15, 0.2) is 9.84 Å². The van der Waals surface area contributed by atoms with Gasteiger partial charge in [0.05, 0.1) is 6.61 Å². The smallest absolute Gasteiger partial charge is 0.157 e. The van der Waals surface area contributed by atoms with Gasteiger partial charge in [0.2, 0.25) is 0 Å². The number of benzene rings is 1. The van der Waals surface area contributed by atoms with Crippen molar-refractivity contribution >= 4 is 25.8 Å². The Morgan fingerprint density at radius 3 is 2.35 bits per heavy atom. The maximum atomic E-state index is 12.3. The number of halogens is 1. The zero-order valence-electron chi connectivity index (χ0n) is 11.5. The van der Waals surface area contributed by atoms with Crippen LogP contribution >= 0.6 is 15.9 Å². The van der Waals surface area contributed by atoms with Crippen molar-refractivity contribution in [3.05, 3.63) is 29.8 Å². The maximum Gasteiger partial charge on any atom is 0.157 e. The quantitative estimate of drug-likeness (QED) is 0.755. The third-order valence-electron chi connectivity index (χ3n) is 3.74. The summed E-state index contributed by atoms with van der Waals surface area (Å²) in [5, 5.41) is 0.763. The highest BCUT2D eigenvalue weighted by Crippen LogP contribution is 2.40. The molecule has 0 atom stereocenters. The van der Waals surface area contributed by atoms with Crippen LogP contribution in [0.25, 0.3) is 0 Å². The molecule has 1 aliphatic heterocycles. The molecule has 1 saturated heterocycles. The van der Waals surface area contributed by atoms with E-state index >= 15 is 0 Å². The number of rotatable bonds is 5. The van der Waals surface area contributed by atoms with Crippen LogP contribution in [0.5, 0.6) is 5.75 Å². The second-order valence-electron chi connectivity index (χ2n) is 4.94. The molecule has 0 amide bonds. The van der Waals surface area contributed by atoms with Crippen molar-refractivity contribution in [3.8, 4) is 5.75 Å². The van der Waals surface area contributed by atoms with Gasteiger partial charge in [0.25, 0.3) is 0 Å². The molecule has 2 rings (SSSR count). The van der Waals surface area contributed by atoms with Gasteiger partial charge < -0.3 is 9.47 Å². The Kier molecular flexibility index (Phi) is 5.09. The van der Waals surface area contributed by atoms with E-state index in [1.54, 1.807) is 0 Å². The summed E-state index contributed by atoms with van der Waals surface area (Å²) in [6.45, 7) is 1.55. The second-order valence-corrected chi connectivity index (χ2v) is 8.06. The third-order valence-corrected chi connectivity index (χ3v) is 6.12. The molecule has 0 radical (unpaired) electrons. The van der Waals surface area contributed by atoms with Crippen LogP contribution in [0.2, 0.25) is 0 Å². The number of hydrogen-bond donors (Lipinski definition) is 0. The van der Waals surface area contributed by atoms with Gasteiger partial charge in [-0.1, -0.05) is 28.1 Å². The zero-order chi connectivity index (χ0) is 14.6. The fourth-order valence-corrected chi connectivity index (χ4v) is 4.22. The summed E-state index contributed by atoms with van der Waals surface area (Å²) in [7, 11) is -3.20. The Hall–Kier alpha value is -0.590. The van der Waals surface area contributed by atoms with Gasteiger partial charge >= 0.3 is 0 Å². The van der Waals surface area contributed by atoms with E-state index in [1.807, 2.05) is 24.3 Å². The second kappa shape index (κ2) is 6.45. The molecule has 0 bridgehead atoms. The van der Waals surface area contributed by atoms with Crippen LogP contribution in [0.15, 0.2) is 24.3 Å². The highest BCUT2D eigenvalue weighted by molar-refractivity contribution is 9.09. The summed E-state index contributed by atoms with van der Waals surface area (Å²) in [5.74, 6) is 0.754. The number of ether oxygens (including phenoxy) is 2. The average Bonchev–Trinajstić information content (AvgIpc) is 2.45. The maximum absolute atomic E-state index is 12.3. The van der Waals surface area contributed by atoms with Crippen molar-refractivity contribution < 1.29 is 17.9 Å². The van der Waals surface area contributed by atoms with E-state index in [0.29, 0.717) is 32.7 Å². The van der Waals surface area contributed by atoms with Crippen LogP contribution < -0.4 is 4.74 Å². The van der Waals surface area contributed by atoms with Crippen LogP contribution in [0.1, 0.15) is 18.4 Å². The van der Waals surface area contributed by atoms with E-state index in [0.717, 1.165) is 16.6 Å². The summed E-state index contributed by atoms with van der Waals surface area (Å²) in [5.41, 5.74) is 0.828. The lowest BCUT2D eigenvalue weighted by atomic mass is 9.90. The summed E-state index contributed by atoms with van der Waals surface area (Å²) in [4.78, 5) is 0. The normalized spacial score (nSPS) is 18.7. The lowest BCUT2D eigenvalue weighted by Gasteiger charge is -2.35. The molecule has 0 saturated carbocycles. The fraction of sp³-hybridized carbons (Fsp3) is 0.571. The molecule has 6 heteroatoms. The minimum Gasteiger partial charge on any atom is -0.493 e. The van der Waals surface area contributed by atoms with Crippen LogP contribution in [-0.4, -0.2) is 39.8 Å². The minimum atomic E-state index is -3.20. The first kappa shape index (κ1) is 15.8. The molecule has 112 valence electrons. The molecule has 0 unspecified atom stereocenters. The first-order chi connectivity index (χ1) is 9.49. The first-order valence-corrected chi connectivity index (χ1v) is 9.57. The molecule has 1 fully saturated rings. The monoisotopic (exact) mass is 362 g/mol. The van der Waals surface area contributed by atoms with Gasteiger partial charge in [-0.3, -0.25) is 0 Å². The van der Waals surface area contributed by atoms with E-state index in [-0.39, 0.29) is 0 Å². The highest BCUT2D eigenvalue weighted by Gasteiger charge is 2.43. The van der Waals surface area contributed by atoms with Crippen molar-refractivity contribution in [3.63, 3.8) is 0 Å². The van der Waals surface area contributed by atoms with Crippen molar-refractivity contribution in [2.75, 3.05) is 31.4 Å². The molecule has 1 heterocycles. The van der Waals surface area contributed by atoms with Gasteiger partial charge in [-0.05, 0) is 30.5 Å². The Morgan fingerprint density at radius 1 is 1.25 bits per heavy atom. The molecule has 4 nitrogen and oxygen atoms in total. The van der Waals surface area contributed by atoms with Crippen LogP contribution in [0.4, 0.5) is 0 Å². The van der Waals surface area contributed by atoms with Gasteiger partial charge in [-0.2, -0.15) is 0 Å². The van der Waals surface area contributed by atoms with Gasteiger partial charge in [0.1, 0.15) is 10.5 Å². The van der Waals surface area contributed by atoms with Crippen molar-refractivity contribution in [2.45, 2.75) is 17.6 Å². The summed E-state index contributed by atoms with van der Waals surface area (Å²) in [6.07, 6.45) is 2.33. The van der Waals surface area contributed by atoms with Gasteiger partial charge in [-0.25, -0.2) is 8.42 Å². The topological polar surface area (TPSA) is 52.6 Å². The van der Waals surface area contributed by atoms with Crippen molar-refractivity contribution in [2.24, 2.45) is 0 Å². The van der Waals surface area contributed by atoms with Gasteiger partial charge in [0, 0.05) is 24.8 Å². The Labute approximate surface area is 128 Å². The lowest BCUT2D eigenvalue weighted by molar-refractivity contribution is 0.0742. The zero-order valence-corrected chi connectivity index (χ0v) is 13.9. The Balaban J connectivity index is 2.30. The predicted octanol–water partition coefficient (Wildman–Crippen LogP) is 2.51. The molecule has 20 heavy (non-hydrogen) atoms. The van der Waals surface area contributed by atoms with Crippen LogP contribution in [0.3, 0.4) is 0 Å². The van der Waals surface area contributed by atoms with Crippen LogP contribution in [0, 0.1) is 0 Å². The summed E-state index contributed by atoms with van der Waals surface area (Å²) in [6, 6.07) is 7.38. The molecular formula is C14H19BrO4S. The Morgan fingerprint density at radius 2 is 1.85 bits per heavy atom. The predicted molar refractivity (Wildman–Crippen MR) is 82.3 cm³/mol. The summed E-state index contributed by atoms with van der Waals surface area (Å²) >= 11 is 3.30. The lowest BCUT2D eigenvalue weighted by Crippen LogP contribution is -2.40. The molecule has 1 aromatic carbocycles. The number of alkyl halides is 1. The highest BCUT2D eigenvalue weighted by atomic mass is 79.9. The summed E-state index contributed by atoms with van der Waals surface area (Å²) < 4.78 is 34.5. The SMILES string of the molecule is CS(=O)(=O)C1(c2ccc(OCCBr)cc2)CCOCC1. The molecule has 1 aromatic rings. The largest absolute Gasteiger partial charge is 0.493 e. The van der Waals surface area contributed by atoms with Crippen LogP contribution in [-0.2, 0) is 19.3 Å². The average molecular weight is 363 g/mol. The van der Waals surface area contributed by atoms with E-state index < -0.39 is 14.6 Å². The number of hydrogen-bond acceptors (Lipinski definition) is 4. The van der Waals surface area contributed by atoms with E-state index in [2.05, 4.69) is 15.9 Å². The molecule has 1 aliphatic rings. The molecule has 0 aromatic heterocycles. The molecule has 0 spiro atoms. The van der Waals surface area contributed by atoms with Crippen molar-refractivity contribution in [1.29, 1.82) is 0 Å². The van der Waals surface area contributed by atoms with Crippen molar-refractivity contribution in [1.82, 2.24) is 0 Å². The van der Waals surface area contributed by atoms with E-state index in [1.165, 1.54) is 6.26 Å². The molecule has 0 aliphatic carbocycles. The molecular weight excluding hydrogens is 344 g/mol. The molecule has 0 N–H and O–H groups in total. The fourth-order valence-electron chi connectivity index (χ4n) is 2.59. The van der Waals surface area contributed by atoms with E-state index in [4.69, 9.17) is 9.47 Å². The standard InChI is InChI=1S/C14H19BrO4S/c1-20(16,17)14(6-9-18-10-7-14)12-2-4-13(5-3-12)19-11-8-15/h2-5H,6-11H2,1H3. The Bertz CT molecular complexity index is 533. The number of sulfone groups is 1. The third kappa shape index (κ3) is 3.18. The minimum absolute atomic E-state index is 0.481.